The zero-order valence-electron chi connectivity index (χ0n) is 15.2. The largest absolute Gasteiger partial charge is 0.349 e. The predicted octanol–water partition coefficient (Wildman–Crippen LogP) is 2.83. The Labute approximate surface area is 154 Å². The molecule has 0 radical (unpaired) electrons. The van der Waals surface area contributed by atoms with E-state index in [9.17, 15) is 9.59 Å². The number of amides is 2. The number of para-hydroxylation sites is 1. The van der Waals surface area contributed by atoms with E-state index in [-0.39, 0.29) is 17.9 Å². The van der Waals surface area contributed by atoms with Crippen molar-refractivity contribution in [2.24, 2.45) is 0 Å². The van der Waals surface area contributed by atoms with Gasteiger partial charge >= 0.3 is 0 Å². The first kappa shape index (κ1) is 18.1. The number of nitrogens with one attached hydrogen (secondary N) is 2. The van der Waals surface area contributed by atoms with Crippen molar-refractivity contribution >= 4 is 17.5 Å². The summed E-state index contributed by atoms with van der Waals surface area (Å²) in [6, 6.07) is 16.9. The van der Waals surface area contributed by atoms with E-state index in [1.165, 1.54) is 0 Å². The van der Waals surface area contributed by atoms with Crippen LogP contribution in [0.3, 0.4) is 0 Å². The van der Waals surface area contributed by atoms with Crippen LogP contribution in [-0.4, -0.2) is 37.5 Å². The SMILES string of the molecule is CC1CC(NC(=O)c2cccc(C(=O)N(C)c3ccccc3)c2)CCN1. The summed E-state index contributed by atoms with van der Waals surface area (Å²) in [5, 5.41) is 6.46. The van der Waals surface area contributed by atoms with Gasteiger partial charge < -0.3 is 15.5 Å². The highest BCUT2D eigenvalue weighted by molar-refractivity contribution is 6.07. The van der Waals surface area contributed by atoms with Crippen molar-refractivity contribution in [3.8, 4) is 0 Å². The molecule has 2 atom stereocenters. The Morgan fingerprint density at radius 1 is 1.08 bits per heavy atom. The normalized spacial score (nSPS) is 19.6. The molecule has 3 rings (SSSR count). The first-order valence-electron chi connectivity index (χ1n) is 9.02. The Morgan fingerprint density at radius 3 is 2.54 bits per heavy atom. The predicted molar refractivity (Wildman–Crippen MR) is 104 cm³/mol. The first-order chi connectivity index (χ1) is 12.5. The Kier molecular flexibility index (Phi) is 5.68. The van der Waals surface area contributed by atoms with Gasteiger partial charge in [0.2, 0.25) is 0 Å². The van der Waals surface area contributed by atoms with E-state index in [0.29, 0.717) is 17.2 Å². The fraction of sp³-hybridized carbons (Fsp3) is 0.333. The summed E-state index contributed by atoms with van der Waals surface area (Å²) in [6.45, 7) is 3.03. The molecule has 2 amide bonds. The number of carbonyl (C=O) groups is 2. The lowest BCUT2D eigenvalue weighted by Crippen LogP contribution is -2.46. The molecule has 136 valence electrons. The van der Waals surface area contributed by atoms with E-state index >= 15 is 0 Å². The van der Waals surface area contributed by atoms with Crippen molar-refractivity contribution in [3.05, 3.63) is 65.7 Å². The van der Waals surface area contributed by atoms with Gasteiger partial charge in [-0.2, -0.15) is 0 Å². The molecule has 0 bridgehead atoms. The quantitative estimate of drug-likeness (QED) is 0.890. The van der Waals surface area contributed by atoms with Crippen molar-refractivity contribution < 1.29 is 9.59 Å². The van der Waals surface area contributed by atoms with Gasteiger partial charge in [0.1, 0.15) is 0 Å². The molecule has 2 unspecified atom stereocenters. The van der Waals surface area contributed by atoms with Crippen LogP contribution in [0.5, 0.6) is 0 Å². The second-order valence-electron chi connectivity index (χ2n) is 6.83. The molecule has 1 heterocycles. The fourth-order valence-electron chi connectivity index (χ4n) is 3.29. The minimum Gasteiger partial charge on any atom is -0.349 e. The van der Waals surface area contributed by atoms with E-state index in [0.717, 1.165) is 25.1 Å². The van der Waals surface area contributed by atoms with Gasteiger partial charge in [-0.15, -0.1) is 0 Å². The van der Waals surface area contributed by atoms with Crippen LogP contribution in [-0.2, 0) is 0 Å². The van der Waals surface area contributed by atoms with Gasteiger partial charge in [0.15, 0.2) is 0 Å². The van der Waals surface area contributed by atoms with Gasteiger partial charge in [-0.05, 0) is 56.6 Å². The summed E-state index contributed by atoms with van der Waals surface area (Å²) >= 11 is 0. The standard InChI is InChI=1S/C21H25N3O2/c1-15-13-18(11-12-22-15)23-20(25)16-7-6-8-17(14-16)21(26)24(2)19-9-4-3-5-10-19/h3-10,14-15,18,22H,11-13H2,1-2H3,(H,23,25). The topological polar surface area (TPSA) is 61.4 Å². The first-order valence-corrected chi connectivity index (χ1v) is 9.02. The average molecular weight is 351 g/mol. The van der Waals surface area contributed by atoms with E-state index in [1.807, 2.05) is 30.3 Å². The monoisotopic (exact) mass is 351 g/mol. The third-order valence-corrected chi connectivity index (χ3v) is 4.78. The smallest absolute Gasteiger partial charge is 0.258 e. The van der Waals surface area contributed by atoms with Crippen LogP contribution in [0.4, 0.5) is 5.69 Å². The zero-order valence-corrected chi connectivity index (χ0v) is 15.2. The lowest BCUT2D eigenvalue weighted by Gasteiger charge is -2.28. The highest BCUT2D eigenvalue weighted by Crippen LogP contribution is 2.16. The van der Waals surface area contributed by atoms with E-state index in [4.69, 9.17) is 0 Å². The van der Waals surface area contributed by atoms with Crippen molar-refractivity contribution in [1.29, 1.82) is 0 Å². The fourth-order valence-corrected chi connectivity index (χ4v) is 3.29. The molecular formula is C21H25N3O2. The van der Waals surface area contributed by atoms with Crippen molar-refractivity contribution in [3.63, 3.8) is 0 Å². The van der Waals surface area contributed by atoms with Crippen LogP contribution in [0.2, 0.25) is 0 Å². The molecule has 1 saturated heterocycles. The third kappa shape index (κ3) is 4.29. The molecule has 5 heteroatoms. The number of piperidine rings is 1. The summed E-state index contributed by atoms with van der Waals surface area (Å²) in [7, 11) is 1.74. The summed E-state index contributed by atoms with van der Waals surface area (Å²) < 4.78 is 0. The molecule has 26 heavy (non-hydrogen) atoms. The van der Waals surface area contributed by atoms with Crippen LogP contribution in [0.1, 0.15) is 40.5 Å². The second kappa shape index (κ2) is 8.15. The van der Waals surface area contributed by atoms with E-state index < -0.39 is 0 Å². The molecule has 1 fully saturated rings. The average Bonchev–Trinajstić information content (AvgIpc) is 2.67. The van der Waals surface area contributed by atoms with Crippen molar-refractivity contribution in [2.75, 3.05) is 18.5 Å². The number of anilines is 1. The van der Waals surface area contributed by atoms with Gasteiger partial charge in [-0.1, -0.05) is 24.3 Å². The third-order valence-electron chi connectivity index (χ3n) is 4.78. The summed E-state index contributed by atoms with van der Waals surface area (Å²) in [6.07, 6.45) is 1.84. The molecule has 0 spiro atoms. The molecule has 2 N–H and O–H groups in total. The van der Waals surface area contributed by atoms with Crippen LogP contribution in [0, 0.1) is 0 Å². The van der Waals surface area contributed by atoms with Crippen molar-refractivity contribution in [2.45, 2.75) is 31.8 Å². The molecular weight excluding hydrogens is 326 g/mol. The molecule has 2 aromatic carbocycles. The van der Waals surface area contributed by atoms with Crippen molar-refractivity contribution in [1.82, 2.24) is 10.6 Å². The lowest BCUT2D eigenvalue weighted by molar-refractivity contribution is 0.0925. The number of hydrogen-bond acceptors (Lipinski definition) is 3. The van der Waals surface area contributed by atoms with E-state index in [1.54, 1.807) is 36.2 Å². The molecule has 1 aliphatic heterocycles. The Hall–Kier alpha value is -2.66. The Bertz CT molecular complexity index is 776. The number of nitrogens with zero attached hydrogens (tertiary/aromatic N) is 1. The van der Waals surface area contributed by atoms with Crippen LogP contribution < -0.4 is 15.5 Å². The summed E-state index contributed by atoms with van der Waals surface area (Å²) in [5.41, 5.74) is 1.84. The Balaban J connectivity index is 1.71. The van der Waals surface area contributed by atoms with Crippen LogP contribution in [0.25, 0.3) is 0 Å². The van der Waals surface area contributed by atoms with Crippen LogP contribution >= 0.6 is 0 Å². The van der Waals surface area contributed by atoms with Gasteiger partial charge in [0.25, 0.3) is 11.8 Å². The molecule has 5 nitrogen and oxygen atoms in total. The minimum absolute atomic E-state index is 0.124. The highest BCUT2D eigenvalue weighted by Gasteiger charge is 2.21. The van der Waals surface area contributed by atoms with Crippen LogP contribution in [0.15, 0.2) is 54.6 Å². The zero-order chi connectivity index (χ0) is 18.5. The molecule has 0 aromatic heterocycles. The molecule has 0 saturated carbocycles. The number of rotatable bonds is 4. The van der Waals surface area contributed by atoms with Gasteiger partial charge in [-0.3, -0.25) is 9.59 Å². The number of carbonyl (C=O) groups excluding carboxylic acids is 2. The number of benzene rings is 2. The maximum Gasteiger partial charge on any atom is 0.258 e. The second-order valence-corrected chi connectivity index (χ2v) is 6.83. The lowest BCUT2D eigenvalue weighted by atomic mass is 10.00. The maximum absolute atomic E-state index is 12.7. The summed E-state index contributed by atoms with van der Waals surface area (Å²) in [4.78, 5) is 26.9. The van der Waals surface area contributed by atoms with Gasteiger partial charge in [-0.25, -0.2) is 0 Å². The molecule has 2 aromatic rings. The van der Waals surface area contributed by atoms with Gasteiger partial charge in [0, 0.05) is 35.9 Å². The van der Waals surface area contributed by atoms with Gasteiger partial charge in [0.05, 0.1) is 0 Å². The molecule has 1 aliphatic rings. The minimum atomic E-state index is -0.138. The highest BCUT2D eigenvalue weighted by atomic mass is 16.2. The molecule has 0 aliphatic carbocycles. The van der Waals surface area contributed by atoms with E-state index in [2.05, 4.69) is 17.6 Å². The summed E-state index contributed by atoms with van der Waals surface area (Å²) in [5.74, 6) is -0.262. The number of hydrogen-bond donors (Lipinski definition) is 2. The Morgan fingerprint density at radius 2 is 1.81 bits per heavy atom. The maximum atomic E-state index is 12.7.